The van der Waals surface area contributed by atoms with Crippen molar-refractivity contribution >= 4 is 38.9 Å². The van der Waals surface area contributed by atoms with E-state index in [1.54, 1.807) is 12.1 Å². The van der Waals surface area contributed by atoms with E-state index in [4.69, 9.17) is 27.9 Å². The van der Waals surface area contributed by atoms with E-state index < -0.39 is 26.5 Å². The second-order valence-corrected chi connectivity index (χ2v) is 9.24. The molecule has 2 aliphatic heterocycles. The number of carbonyl (C=O) groups excluding carboxylic acids is 1. The van der Waals surface area contributed by atoms with Crippen molar-refractivity contribution in [3.05, 3.63) is 27.7 Å². The lowest BCUT2D eigenvalue weighted by atomic mass is 9.95. The molecule has 2 N–H and O–H groups in total. The Hall–Kier alpha value is -1.02. The summed E-state index contributed by atoms with van der Waals surface area (Å²) < 4.78 is 28.7. The SMILES string of the molecule is CS(=O)(=O)C1(C(=O)NC2COc3c2ccc(Cl)c3Cl)CCNCC1. The quantitative estimate of drug-likeness (QED) is 0.817. The maximum absolute atomic E-state index is 12.9. The standard InChI is InChI=1S/C15H18Cl2N2O4S/c1-24(21,22)15(4-6-18-7-5-15)14(20)19-11-8-23-13-9(11)2-3-10(16)12(13)17/h2-3,11,18H,4-8H2,1H3,(H,19,20). The first-order chi connectivity index (χ1) is 11.3. The summed E-state index contributed by atoms with van der Waals surface area (Å²) in [5.41, 5.74) is 0.704. The van der Waals surface area contributed by atoms with Gasteiger partial charge in [0.2, 0.25) is 5.91 Å². The highest BCUT2D eigenvalue weighted by Gasteiger charge is 2.49. The van der Waals surface area contributed by atoms with Gasteiger partial charge >= 0.3 is 0 Å². The van der Waals surface area contributed by atoms with Gasteiger partial charge in [0.05, 0.1) is 11.1 Å². The van der Waals surface area contributed by atoms with Crippen LogP contribution in [0.15, 0.2) is 12.1 Å². The minimum Gasteiger partial charge on any atom is -0.489 e. The molecule has 1 unspecified atom stereocenters. The Kier molecular flexibility index (Phi) is 4.72. The molecule has 24 heavy (non-hydrogen) atoms. The van der Waals surface area contributed by atoms with Crippen molar-refractivity contribution in [2.24, 2.45) is 0 Å². The molecule has 1 aromatic carbocycles. The lowest BCUT2D eigenvalue weighted by Crippen LogP contribution is -2.57. The first kappa shape index (κ1) is 17.8. The van der Waals surface area contributed by atoms with Crippen LogP contribution in [0, 0.1) is 0 Å². The molecule has 3 rings (SSSR count). The summed E-state index contributed by atoms with van der Waals surface area (Å²) in [5.74, 6) is -0.0489. The highest BCUT2D eigenvalue weighted by molar-refractivity contribution is 7.92. The Bertz CT molecular complexity index is 776. The van der Waals surface area contributed by atoms with E-state index in [0.717, 1.165) is 6.26 Å². The number of benzene rings is 1. The molecule has 2 aliphatic rings. The Morgan fingerprint density at radius 3 is 2.62 bits per heavy atom. The third-order valence-electron chi connectivity index (χ3n) is 4.69. The minimum absolute atomic E-state index is 0.194. The fourth-order valence-corrected chi connectivity index (χ4v) is 4.95. The van der Waals surface area contributed by atoms with Gasteiger partial charge in [-0.15, -0.1) is 0 Å². The van der Waals surface area contributed by atoms with Crippen LogP contribution in [-0.4, -0.2) is 45.0 Å². The van der Waals surface area contributed by atoms with Crippen molar-refractivity contribution in [3.63, 3.8) is 0 Å². The number of hydrogen-bond acceptors (Lipinski definition) is 5. The van der Waals surface area contributed by atoms with Crippen LogP contribution >= 0.6 is 23.2 Å². The summed E-state index contributed by atoms with van der Waals surface area (Å²) in [4.78, 5) is 12.9. The summed E-state index contributed by atoms with van der Waals surface area (Å²) in [6, 6.07) is 2.92. The second-order valence-electron chi connectivity index (χ2n) is 6.13. The molecule has 9 heteroatoms. The van der Waals surface area contributed by atoms with Gasteiger partial charge in [-0.1, -0.05) is 29.3 Å². The van der Waals surface area contributed by atoms with Gasteiger partial charge in [0, 0.05) is 11.8 Å². The number of piperidine rings is 1. The highest BCUT2D eigenvalue weighted by Crippen LogP contribution is 2.42. The summed E-state index contributed by atoms with van der Waals surface area (Å²) in [5, 5.41) is 6.58. The number of fused-ring (bicyclic) bond motifs is 1. The smallest absolute Gasteiger partial charge is 0.242 e. The van der Waals surface area contributed by atoms with Gasteiger partial charge in [-0.05, 0) is 32.0 Å². The number of carbonyl (C=O) groups is 1. The molecule has 1 atom stereocenters. The number of hydrogen-bond donors (Lipinski definition) is 2. The van der Waals surface area contributed by atoms with Crippen molar-refractivity contribution < 1.29 is 17.9 Å². The monoisotopic (exact) mass is 392 g/mol. The van der Waals surface area contributed by atoms with Crippen molar-refractivity contribution in [1.29, 1.82) is 0 Å². The van der Waals surface area contributed by atoms with Gasteiger partial charge in [0.15, 0.2) is 14.6 Å². The molecule has 0 saturated carbocycles. The lowest BCUT2D eigenvalue weighted by Gasteiger charge is -2.35. The zero-order valence-corrected chi connectivity index (χ0v) is 15.4. The third-order valence-corrected chi connectivity index (χ3v) is 7.49. The molecule has 6 nitrogen and oxygen atoms in total. The maximum atomic E-state index is 12.9. The molecule has 0 radical (unpaired) electrons. The molecule has 1 fully saturated rings. The first-order valence-corrected chi connectivity index (χ1v) is 10.2. The summed E-state index contributed by atoms with van der Waals surface area (Å²) >= 11 is 12.1. The van der Waals surface area contributed by atoms with E-state index in [1.165, 1.54) is 0 Å². The Morgan fingerprint density at radius 1 is 1.33 bits per heavy atom. The fourth-order valence-electron chi connectivity index (χ4n) is 3.23. The number of amides is 1. The van der Waals surface area contributed by atoms with E-state index >= 15 is 0 Å². The summed E-state index contributed by atoms with van der Waals surface area (Å²) in [6.45, 7) is 1.17. The largest absolute Gasteiger partial charge is 0.489 e. The molecule has 0 bridgehead atoms. The number of nitrogens with one attached hydrogen (secondary N) is 2. The third kappa shape index (κ3) is 2.87. The van der Waals surface area contributed by atoms with Crippen LogP contribution in [0.25, 0.3) is 0 Å². The van der Waals surface area contributed by atoms with Gasteiger partial charge in [-0.3, -0.25) is 4.79 Å². The van der Waals surface area contributed by atoms with E-state index in [2.05, 4.69) is 10.6 Å². The zero-order chi connectivity index (χ0) is 17.5. The molecule has 2 heterocycles. The molecular weight excluding hydrogens is 375 g/mol. The molecule has 1 aromatic rings. The fraction of sp³-hybridized carbons (Fsp3) is 0.533. The van der Waals surface area contributed by atoms with Crippen LogP contribution in [0.1, 0.15) is 24.4 Å². The highest BCUT2D eigenvalue weighted by atomic mass is 35.5. The lowest BCUT2D eigenvalue weighted by molar-refractivity contribution is -0.125. The number of sulfone groups is 1. The van der Waals surface area contributed by atoms with Crippen LogP contribution in [0.3, 0.4) is 0 Å². The molecule has 0 aromatic heterocycles. The van der Waals surface area contributed by atoms with Crippen molar-refractivity contribution in [2.45, 2.75) is 23.6 Å². The van der Waals surface area contributed by atoms with E-state index in [-0.39, 0.29) is 19.4 Å². The molecule has 0 aliphatic carbocycles. The maximum Gasteiger partial charge on any atom is 0.242 e. The van der Waals surface area contributed by atoms with Gasteiger partial charge in [0.1, 0.15) is 17.4 Å². The first-order valence-electron chi connectivity index (χ1n) is 7.58. The minimum atomic E-state index is -3.56. The van der Waals surface area contributed by atoms with Crippen LogP contribution in [0.2, 0.25) is 10.0 Å². The molecule has 0 spiro atoms. The Morgan fingerprint density at radius 2 is 2.00 bits per heavy atom. The van der Waals surface area contributed by atoms with Crippen LogP contribution in [0.4, 0.5) is 0 Å². The van der Waals surface area contributed by atoms with Crippen molar-refractivity contribution in [3.8, 4) is 5.75 Å². The average molecular weight is 393 g/mol. The van der Waals surface area contributed by atoms with Gasteiger partial charge in [-0.2, -0.15) is 0 Å². The predicted molar refractivity (Wildman–Crippen MR) is 92.5 cm³/mol. The molecule has 1 amide bonds. The van der Waals surface area contributed by atoms with Gasteiger partial charge in [-0.25, -0.2) is 8.42 Å². The van der Waals surface area contributed by atoms with E-state index in [1.807, 2.05) is 0 Å². The average Bonchev–Trinajstić information content (AvgIpc) is 2.94. The van der Waals surface area contributed by atoms with E-state index in [0.29, 0.717) is 34.4 Å². The zero-order valence-electron chi connectivity index (χ0n) is 13.1. The van der Waals surface area contributed by atoms with E-state index in [9.17, 15) is 13.2 Å². The summed E-state index contributed by atoms with van der Waals surface area (Å²) in [6.07, 6.45) is 1.62. The second kappa shape index (κ2) is 6.37. The molecule has 132 valence electrons. The number of rotatable bonds is 3. The van der Waals surface area contributed by atoms with Crippen molar-refractivity contribution in [1.82, 2.24) is 10.6 Å². The number of halogens is 2. The normalized spacial score (nSPS) is 22.5. The van der Waals surface area contributed by atoms with Crippen LogP contribution < -0.4 is 15.4 Å². The molecule has 1 saturated heterocycles. The number of ether oxygens (including phenoxy) is 1. The van der Waals surface area contributed by atoms with Crippen LogP contribution in [0.5, 0.6) is 5.75 Å². The van der Waals surface area contributed by atoms with Crippen LogP contribution in [-0.2, 0) is 14.6 Å². The molecular formula is C15H18Cl2N2O4S. The van der Waals surface area contributed by atoms with Crippen molar-refractivity contribution in [2.75, 3.05) is 26.0 Å². The topological polar surface area (TPSA) is 84.5 Å². The predicted octanol–water partition coefficient (Wildman–Crippen LogP) is 1.71. The van der Waals surface area contributed by atoms with Gasteiger partial charge < -0.3 is 15.4 Å². The van der Waals surface area contributed by atoms with Gasteiger partial charge in [0.25, 0.3) is 0 Å². The Labute approximate surface area is 150 Å². The summed E-state index contributed by atoms with van der Waals surface area (Å²) in [7, 11) is -3.56. The Balaban J connectivity index is 1.87.